The maximum atomic E-state index is 17.9. The number of halogens is 2. The Morgan fingerprint density at radius 1 is 1.00 bits per heavy atom. The number of hydrogen-bond donors (Lipinski definition) is 0. The van der Waals surface area contributed by atoms with Crippen LogP contribution in [0.3, 0.4) is 0 Å². The first-order chi connectivity index (χ1) is 28.6. The Kier molecular flexibility index (Phi) is 12.0. The number of hydrogen-bond acceptors (Lipinski definition) is 10. The van der Waals surface area contributed by atoms with Crippen molar-refractivity contribution in [3.05, 3.63) is 47.2 Å². The van der Waals surface area contributed by atoms with E-state index < -0.39 is 46.4 Å². The summed E-state index contributed by atoms with van der Waals surface area (Å²) in [5.41, 5.74) is 4.26. The second-order valence-electron chi connectivity index (χ2n) is 18.9. The summed E-state index contributed by atoms with van der Waals surface area (Å²) in [6.07, 6.45) is 1.36. The topological polar surface area (TPSA) is 124 Å². The number of aromatic nitrogens is 3. The molecule has 2 bridgehead atoms. The van der Waals surface area contributed by atoms with Gasteiger partial charge >= 0.3 is 6.09 Å². The first kappa shape index (κ1) is 44.7. The molecule has 0 radical (unpaired) electrons. The van der Waals surface area contributed by atoms with Crippen LogP contribution in [0.15, 0.2) is 29.4 Å². The van der Waals surface area contributed by atoms with E-state index in [9.17, 15) is 13.2 Å². The van der Waals surface area contributed by atoms with Gasteiger partial charge in [0, 0.05) is 24.6 Å². The van der Waals surface area contributed by atoms with Gasteiger partial charge in [0.2, 0.25) is 15.0 Å². The zero-order valence-electron chi connectivity index (χ0n) is 37.4. The van der Waals surface area contributed by atoms with Gasteiger partial charge in [-0.3, -0.25) is 4.90 Å². The number of benzene rings is 2. The normalized spacial score (nSPS) is 20.3. The Hall–Kier alpha value is -4.39. The van der Waals surface area contributed by atoms with Gasteiger partial charge in [-0.15, -0.1) is 5.54 Å². The molecule has 61 heavy (non-hydrogen) atoms. The maximum absolute atomic E-state index is 17.9. The molecule has 3 aliphatic heterocycles. The highest BCUT2D eigenvalue weighted by Gasteiger charge is 2.53. The average molecular weight is 876 g/mol. The van der Waals surface area contributed by atoms with Crippen molar-refractivity contribution in [2.24, 2.45) is 5.92 Å². The summed E-state index contributed by atoms with van der Waals surface area (Å²) < 4.78 is 78.7. The molecular weight excluding hydrogens is 817 g/mol. The van der Waals surface area contributed by atoms with Crippen molar-refractivity contribution >= 4 is 51.5 Å². The number of carbonyl (C=O) groups excluding carboxylic acids is 1. The van der Waals surface area contributed by atoms with Crippen LogP contribution in [0.4, 0.5) is 19.4 Å². The van der Waals surface area contributed by atoms with E-state index in [2.05, 4.69) is 69.8 Å². The lowest BCUT2D eigenvalue weighted by Gasteiger charge is -2.49. The van der Waals surface area contributed by atoms with Crippen molar-refractivity contribution < 1.29 is 36.2 Å². The summed E-state index contributed by atoms with van der Waals surface area (Å²) in [7, 11) is -4.92. The summed E-state index contributed by atoms with van der Waals surface area (Å²) >= 11 is 0. The Labute approximate surface area is 359 Å². The SMILES string of the molecule is CCS(=O)(=O)c1nc2c3c(nc(-c4cc(OCOC)cc5ccc(F)c(C#C[Si](C(C)C)(C(C)C)C(C)C)c45)c(F)c3n1)C[C@@H](C)[C@H]1[C@@H]3CC[C@H](CN21)N3C(=O)OC(C)(C)C. The van der Waals surface area contributed by atoms with E-state index in [1.54, 1.807) is 18.2 Å². The summed E-state index contributed by atoms with van der Waals surface area (Å²) in [6.45, 7) is 22.4. The molecule has 2 saturated heterocycles. The number of anilines is 1. The van der Waals surface area contributed by atoms with Gasteiger partial charge in [-0.1, -0.05) is 67.4 Å². The fourth-order valence-corrected chi connectivity index (χ4v) is 16.4. The molecule has 4 aromatic rings. The molecule has 0 aliphatic carbocycles. The fraction of sp³-hybridized carbons (Fsp3) is 0.565. The number of pyridine rings is 1. The Morgan fingerprint density at radius 3 is 2.31 bits per heavy atom. The first-order valence-corrected chi connectivity index (χ1v) is 25.4. The highest BCUT2D eigenvalue weighted by Crippen LogP contribution is 2.47. The van der Waals surface area contributed by atoms with Crippen LogP contribution in [0.2, 0.25) is 16.6 Å². The molecule has 7 rings (SSSR count). The van der Waals surface area contributed by atoms with E-state index in [1.165, 1.54) is 20.1 Å². The number of ether oxygens (including phenoxy) is 3. The molecule has 0 N–H and O–H groups in total. The minimum Gasteiger partial charge on any atom is -0.468 e. The fourth-order valence-electron chi connectivity index (χ4n) is 10.5. The second-order valence-corrected chi connectivity index (χ2v) is 26.6. The van der Waals surface area contributed by atoms with Crippen molar-refractivity contribution in [3.63, 3.8) is 0 Å². The predicted molar refractivity (Wildman–Crippen MR) is 237 cm³/mol. The van der Waals surface area contributed by atoms with Gasteiger partial charge in [-0.25, -0.2) is 36.9 Å². The highest BCUT2D eigenvalue weighted by molar-refractivity contribution is 7.91. The third-order valence-corrected chi connectivity index (χ3v) is 20.9. The molecule has 0 unspecified atom stereocenters. The molecule has 3 aliphatic rings. The van der Waals surface area contributed by atoms with Crippen LogP contribution in [0.1, 0.15) is 100 Å². The van der Waals surface area contributed by atoms with E-state index in [-0.39, 0.29) is 81.4 Å². The Bertz CT molecular complexity index is 2550. The molecule has 2 aromatic heterocycles. The standard InChI is InChI=1S/C46H59F2N5O6SSi/c1-13-60(55,56)44-50-41-38-35(20-28(8)42-36-17-15-30(23-52(42)43(38)51-44)53(36)45(54)59-46(9,10)11)49-40(39(41)48)33-22-31(58-24-57-12)21-29-14-16-34(47)32(37(29)33)18-19-61(25(2)3,26(4)5)27(6)7/h14,16,21-22,25-28,30,36,42H,13,15,17,20,23-24H2,1-12H3/t28-,30-,36+,42+/m1/s1. The van der Waals surface area contributed by atoms with Crippen LogP contribution >= 0.6 is 0 Å². The van der Waals surface area contributed by atoms with E-state index in [0.29, 0.717) is 47.0 Å². The summed E-state index contributed by atoms with van der Waals surface area (Å²) in [5, 5.41) is 0.731. The summed E-state index contributed by atoms with van der Waals surface area (Å²) in [5.74, 6) is 2.02. The summed E-state index contributed by atoms with van der Waals surface area (Å²) in [4.78, 5) is 31.9. The molecule has 0 spiro atoms. The Balaban J connectivity index is 1.52. The highest BCUT2D eigenvalue weighted by atomic mass is 32.2. The molecule has 11 nitrogen and oxygen atoms in total. The molecule has 2 aromatic carbocycles. The zero-order chi connectivity index (χ0) is 44.5. The minimum atomic E-state index is -4.05. The van der Waals surface area contributed by atoms with Crippen LogP contribution in [-0.2, 0) is 25.7 Å². The quantitative estimate of drug-likeness (QED) is 0.0695. The summed E-state index contributed by atoms with van der Waals surface area (Å²) in [6, 6.07) is 5.50. The van der Waals surface area contributed by atoms with E-state index in [4.69, 9.17) is 24.2 Å². The van der Waals surface area contributed by atoms with Crippen LogP contribution in [-0.4, -0.2) is 92.4 Å². The largest absolute Gasteiger partial charge is 0.468 e. The predicted octanol–water partition coefficient (Wildman–Crippen LogP) is 9.62. The molecule has 5 heterocycles. The Morgan fingerprint density at radius 2 is 1.69 bits per heavy atom. The first-order valence-electron chi connectivity index (χ1n) is 21.5. The van der Waals surface area contributed by atoms with Gasteiger partial charge in [0.05, 0.1) is 40.5 Å². The van der Waals surface area contributed by atoms with E-state index >= 15 is 8.78 Å². The van der Waals surface area contributed by atoms with Crippen molar-refractivity contribution in [3.8, 4) is 28.5 Å². The second kappa shape index (κ2) is 16.4. The van der Waals surface area contributed by atoms with Crippen molar-refractivity contribution in [2.45, 2.75) is 141 Å². The minimum absolute atomic E-state index is 0.102. The monoisotopic (exact) mass is 875 g/mol. The molecule has 328 valence electrons. The number of sulfone groups is 1. The van der Waals surface area contributed by atoms with Gasteiger partial charge in [-0.05, 0) is 86.2 Å². The van der Waals surface area contributed by atoms with Gasteiger partial charge in [-0.2, -0.15) is 0 Å². The van der Waals surface area contributed by atoms with Crippen LogP contribution in [0.25, 0.3) is 32.9 Å². The molecule has 2 fully saturated rings. The third-order valence-electron chi connectivity index (χ3n) is 13.1. The molecule has 15 heteroatoms. The number of methoxy groups -OCH3 is 1. The maximum Gasteiger partial charge on any atom is 0.410 e. The van der Waals surface area contributed by atoms with Crippen LogP contribution in [0.5, 0.6) is 5.75 Å². The van der Waals surface area contributed by atoms with Crippen molar-refractivity contribution in [1.29, 1.82) is 0 Å². The third kappa shape index (κ3) is 7.75. The molecular formula is C46H59F2N5O6SSi. The van der Waals surface area contributed by atoms with E-state index in [1.807, 2.05) is 25.7 Å². The average Bonchev–Trinajstić information content (AvgIpc) is 3.43. The number of nitrogens with zero attached hydrogens (tertiary/aromatic N) is 5. The van der Waals surface area contributed by atoms with Gasteiger partial charge in [0.25, 0.3) is 0 Å². The lowest BCUT2D eigenvalue weighted by atomic mass is 9.88. The van der Waals surface area contributed by atoms with Gasteiger partial charge < -0.3 is 19.1 Å². The van der Waals surface area contributed by atoms with Gasteiger partial charge in [0.15, 0.2) is 12.6 Å². The number of carbonyl (C=O) groups is 1. The van der Waals surface area contributed by atoms with E-state index in [0.717, 1.165) is 6.42 Å². The van der Waals surface area contributed by atoms with Gasteiger partial charge in [0.1, 0.15) is 42.3 Å². The lowest BCUT2D eigenvalue weighted by molar-refractivity contribution is 0.00490. The van der Waals surface area contributed by atoms with Crippen molar-refractivity contribution in [1.82, 2.24) is 19.9 Å². The van der Waals surface area contributed by atoms with Crippen LogP contribution < -0.4 is 9.64 Å². The molecule has 0 saturated carbocycles. The number of fused-ring (bicyclic) bond motifs is 6. The van der Waals surface area contributed by atoms with Crippen molar-refractivity contribution in [2.75, 3.05) is 31.1 Å². The smallest absolute Gasteiger partial charge is 0.410 e. The van der Waals surface area contributed by atoms with Crippen LogP contribution in [0, 0.1) is 29.0 Å². The lowest BCUT2D eigenvalue weighted by Crippen LogP contribution is -2.63. The number of amides is 1. The molecule has 4 atom stereocenters. The number of rotatable bonds is 9. The zero-order valence-corrected chi connectivity index (χ0v) is 39.3. The number of piperazine rings is 1. The molecule has 1 amide bonds.